The summed E-state index contributed by atoms with van der Waals surface area (Å²) in [6.07, 6.45) is -2.97. The van der Waals surface area contributed by atoms with Crippen molar-refractivity contribution in [2.75, 3.05) is 11.9 Å². The Kier molecular flexibility index (Phi) is 4.94. The van der Waals surface area contributed by atoms with E-state index in [9.17, 15) is 18.0 Å². The minimum absolute atomic E-state index is 0.0977. The SMILES string of the molecule is CCC(=O)Nc1cc(Br)cnc1OCC(F)(F)F. The molecule has 0 aliphatic heterocycles. The molecule has 100 valence electrons. The van der Waals surface area contributed by atoms with Crippen LogP contribution in [-0.4, -0.2) is 23.7 Å². The van der Waals surface area contributed by atoms with E-state index < -0.39 is 12.8 Å². The quantitative estimate of drug-likeness (QED) is 0.924. The van der Waals surface area contributed by atoms with Crippen molar-refractivity contribution in [3.8, 4) is 5.88 Å². The summed E-state index contributed by atoms with van der Waals surface area (Å²) in [5.41, 5.74) is 0.0977. The molecule has 1 aromatic rings. The van der Waals surface area contributed by atoms with Crippen LogP contribution in [0.15, 0.2) is 16.7 Å². The van der Waals surface area contributed by atoms with Crippen LogP contribution >= 0.6 is 15.9 Å². The monoisotopic (exact) mass is 326 g/mol. The van der Waals surface area contributed by atoms with E-state index in [-0.39, 0.29) is 23.9 Å². The van der Waals surface area contributed by atoms with Crippen LogP contribution < -0.4 is 10.1 Å². The van der Waals surface area contributed by atoms with Gasteiger partial charge in [-0.15, -0.1) is 0 Å². The number of carbonyl (C=O) groups is 1. The van der Waals surface area contributed by atoms with E-state index >= 15 is 0 Å². The van der Waals surface area contributed by atoms with Crippen molar-refractivity contribution >= 4 is 27.5 Å². The molecule has 0 aliphatic rings. The van der Waals surface area contributed by atoms with Gasteiger partial charge in [0.1, 0.15) is 5.69 Å². The smallest absolute Gasteiger partial charge is 0.422 e. The Morgan fingerprint density at radius 1 is 1.56 bits per heavy atom. The van der Waals surface area contributed by atoms with Crippen LogP contribution in [0.2, 0.25) is 0 Å². The lowest BCUT2D eigenvalue weighted by molar-refractivity contribution is -0.153. The molecule has 0 bridgehead atoms. The number of halogens is 4. The molecule has 0 radical (unpaired) electrons. The predicted octanol–water partition coefficient (Wildman–Crippen LogP) is 3.13. The molecule has 1 amide bonds. The first-order valence-electron chi connectivity index (χ1n) is 4.96. The topological polar surface area (TPSA) is 51.2 Å². The third-order valence-electron chi connectivity index (χ3n) is 1.79. The van der Waals surface area contributed by atoms with Crippen LogP contribution in [-0.2, 0) is 4.79 Å². The fourth-order valence-electron chi connectivity index (χ4n) is 1.02. The molecule has 0 unspecified atom stereocenters. The zero-order valence-corrected chi connectivity index (χ0v) is 10.9. The second kappa shape index (κ2) is 6.03. The van der Waals surface area contributed by atoms with E-state index in [1.807, 2.05) is 0 Å². The third kappa shape index (κ3) is 4.91. The molecule has 1 rings (SSSR count). The Morgan fingerprint density at radius 2 is 2.22 bits per heavy atom. The molecular weight excluding hydrogens is 317 g/mol. The normalized spacial score (nSPS) is 11.2. The molecule has 0 saturated heterocycles. The van der Waals surface area contributed by atoms with Gasteiger partial charge < -0.3 is 10.1 Å². The third-order valence-corrected chi connectivity index (χ3v) is 2.22. The average Bonchev–Trinajstić information content (AvgIpc) is 2.26. The van der Waals surface area contributed by atoms with Crippen LogP contribution in [0.25, 0.3) is 0 Å². The summed E-state index contributed by atoms with van der Waals surface area (Å²) in [7, 11) is 0. The van der Waals surface area contributed by atoms with Gasteiger partial charge in [0.05, 0.1) is 0 Å². The minimum atomic E-state index is -4.46. The second-order valence-electron chi connectivity index (χ2n) is 3.31. The van der Waals surface area contributed by atoms with E-state index in [2.05, 4.69) is 31.0 Å². The minimum Gasteiger partial charge on any atom is -0.467 e. The number of rotatable bonds is 4. The summed E-state index contributed by atoms with van der Waals surface area (Å²) in [5, 5.41) is 2.41. The summed E-state index contributed by atoms with van der Waals surface area (Å²) in [6.45, 7) is 0.160. The number of alkyl halides is 3. The molecule has 0 saturated carbocycles. The fourth-order valence-corrected chi connectivity index (χ4v) is 1.35. The molecule has 0 aromatic carbocycles. The van der Waals surface area contributed by atoms with Crippen molar-refractivity contribution in [1.29, 1.82) is 0 Å². The van der Waals surface area contributed by atoms with Gasteiger partial charge in [-0.05, 0) is 22.0 Å². The molecular formula is C10H10BrF3N2O2. The highest BCUT2D eigenvalue weighted by Crippen LogP contribution is 2.27. The van der Waals surface area contributed by atoms with Crippen LogP contribution in [0, 0.1) is 0 Å². The number of carbonyl (C=O) groups excluding carboxylic acids is 1. The Labute approximate surface area is 110 Å². The number of nitrogens with zero attached hydrogens (tertiary/aromatic N) is 1. The number of pyridine rings is 1. The van der Waals surface area contributed by atoms with Crippen molar-refractivity contribution in [2.45, 2.75) is 19.5 Å². The maximum atomic E-state index is 12.0. The van der Waals surface area contributed by atoms with Crippen LogP contribution in [0.1, 0.15) is 13.3 Å². The van der Waals surface area contributed by atoms with Crippen molar-refractivity contribution < 1.29 is 22.7 Å². The highest BCUT2D eigenvalue weighted by molar-refractivity contribution is 9.10. The first kappa shape index (κ1) is 14.7. The highest BCUT2D eigenvalue weighted by Gasteiger charge is 2.29. The van der Waals surface area contributed by atoms with E-state index in [4.69, 9.17) is 0 Å². The summed E-state index contributed by atoms with van der Waals surface area (Å²) in [5.74, 6) is -0.607. The molecule has 0 fully saturated rings. The molecule has 0 spiro atoms. The average molecular weight is 327 g/mol. The van der Waals surface area contributed by atoms with E-state index in [0.29, 0.717) is 4.47 Å². The molecule has 0 atom stereocenters. The number of hydrogen-bond donors (Lipinski definition) is 1. The van der Waals surface area contributed by atoms with Crippen molar-refractivity contribution in [3.05, 3.63) is 16.7 Å². The van der Waals surface area contributed by atoms with Gasteiger partial charge in [0.25, 0.3) is 0 Å². The largest absolute Gasteiger partial charge is 0.467 e. The van der Waals surface area contributed by atoms with Gasteiger partial charge in [0.2, 0.25) is 11.8 Å². The van der Waals surface area contributed by atoms with Gasteiger partial charge in [-0.25, -0.2) is 4.98 Å². The maximum absolute atomic E-state index is 12.0. The standard InChI is InChI=1S/C10H10BrF3N2O2/c1-2-8(17)16-7-3-6(11)4-15-9(7)18-5-10(12,13)14/h3-4H,2,5H2,1H3,(H,16,17). The van der Waals surface area contributed by atoms with E-state index in [1.165, 1.54) is 12.3 Å². The van der Waals surface area contributed by atoms with Crippen LogP contribution in [0.4, 0.5) is 18.9 Å². The molecule has 18 heavy (non-hydrogen) atoms. The fraction of sp³-hybridized carbons (Fsp3) is 0.400. The number of nitrogens with one attached hydrogen (secondary N) is 1. The summed E-state index contributed by atoms with van der Waals surface area (Å²) in [6, 6.07) is 1.42. The van der Waals surface area contributed by atoms with Gasteiger partial charge in [-0.2, -0.15) is 13.2 Å². The van der Waals surface area contributed by atoms with Gasteiger partial charge in [-0.3, -0.25) is 4.79 Å². The molecule has 1 aromatic heterocycles. The van der Waals surface area contributed by atoms with Crippen molar-refractivity contribution in [3.63, 3.8) is 0 Å². The number of anilines is 1. The lowest BCUT2D eigenvalue weighted by atomic mass is 10.3. The number of hydrogen-bond acceptors (Lipinski definition) is 3. The summed E-state index contributed by atoms with van der Waals surface area (Å²) in [4.78, 5) is 14.9. The lowest BCUT2D eigenvalue weighted by Gasteiger charge is -2.12. The van der Waals surface area contributed by atoms with Crippen LogP contribution in [0.3, 0.4) is 0 Å². The molecule has 0 aliphatic carbocycles. The Balaban J connectivity index is 2.86. The number of ether oxygens (including phenoxy) is 1. The van der Waals surface area contributed by atoms with Gasteiger partial charge in [0, 0.05) is 17.1 Å². The lowest BCUT2D eigenvalue weighted by Crippen LogP contribution is -2.20. The Hall–Kier alpha value is -1.31. The van der Waals surface area contributed by atoms with Gasteiger partial charge >= 0.3 is 6.18 Å². The number of aromatic nitrogens is 1. The van der Waals surface area contributed by atoms with E-state index in [1.54, 1.807) is 6.92 Å². The van der Waals surface area contributed by atoms with Crippen molar-refractivity contribution in [1.82, 2.24) is 4.98 Å². The van der Waals surface area contributed by atoms with Crippen molar-refractivity contribution in [2.24, 2.45) is 0 Å². The zero-order valence-electron chi connectivity index (χ0n) is 9.34. The zero-order chi connectivity index (χ0) is 13.8. The predicted molar refractivity (Wildman–Crippen MR) is 62.4 cm³/mol. The molecule has 4 nitrogen and oxygen atoms in total. The molecule has 1 heterocycles. The summed E-state index contributed by atoms with van der Waals surface area (Å²) >= 11 is 3.11. The molecule has 1 N–H and O–H groups in total. The number of amides is 1. The second-order valence-corrected chi connectivity index (χ2v) is 4.23. The first-order valence-corrected chi connectivity index (χ1v) is 5.76. The van der Waals surface area contributed by atoms with Gasteiger partial charge in [0.15, 0.2) is 6.61 Å². The van der Waals surface area contributed by atoms with E-state index in [0.717, 1.165) is 0 Å². The van der Waals surface area contributed by atoms with Crippen LogP contribution in [0.5, 0.6) is 5.88 Å². The van der Waals surface area contributed by atoms with Gasteiger partial charge in [-0.1, -0.05) is 6.92 Å². The highest BCUT2D eigenvalue weighted by atomic mass is 79.9. The molecule has 8 heteroatoms. The maximum Gasteiger partial charge on any atom is 0.422 e. The first-order chi connectivity index (χ1) is 8.31. The summed E-state index contributed by atoms with van der Waals surface area (Å²) < 4.78 is 41.1. The Bertz CT molecular complexity index is 438. The Morgan fingerprint density at radius 3 is 2.78 bits per heavy atom.